The maximum Gasteiger partial charge on any atom is 0.146 e. The molecule has 0 spiro atoms. The highest BCUT2D eigenvalue weighted by atomic mass is 19.1. The van der Waals surface area contributed by atoms with Crippen LogP contribution in [0.5, 0.6) is 0 Å². The third-order valence-corrected chi connectivity index (χ3v) is 3.64. The van der Waals surface area contributed by atoms with Gasteiger partial charge < -0.3 is 10.2 Å². The van der Waals surface area contributed by atoms with Gasteiger partial charge in [-0.1, -0.05) is 37.3 Å². The summed E-state index contributed by atoms with van der Waals surface area (Å²) in [7, 11) is 3.85. The Kier molecular flexibility index (Phi) is 4.74. The first kappa shape index (κ1) is 14.5. The predicted octanol–water partition coefficient (Wildman–Crippen LogP) is 4.26. The largest absolute Gasteiger partial charge is 0.342 e. The lowest BCUT2D eigenvalue weighted by Gasteiger charge is -2.26. The molecule has 1 N–H and O–H groups in total. The quantitative estimate of drug-likeness (QED) is 0.874. The van der Waals surface area contributed by atoms with Crippen LogP contribution in [0.25, 0.3) is 0 Å². The van der Waals surface area contributed by atoms with Crippen LogP contribution in [0.4, 0.5) is 15.8 Å². The summed E-state index contributed by atoms with van der Waals surface area (Å²) >= 11 is 0. The molecule has 0 amide bonds. The molecule has 3 heteroatoms. The van der Waals surface area contributed by atoms with Crippen LogP contribution in [0, 0.1) is 5.82 Å². The molecule has 106 valence electrons. The molecule has 0 aliphatic rings. The molecule has 0 bridgehead atoms. The molecule has 0 heterocycles. The van der Waals surface area contributed by atoms with Crippen molar-refractivity contribution in [2.24, 2.45) is 0 Å². The van der Waals surface area contributed by atoms with Gasteiger partial charge in [-0.05, 0) is 37.2 Å². The monoisotopic (exact) mass is 272 g/mol. The van der Waals surface area contributed by atoms with Crippen molar-refractivity contribution in [2.75, 3.05) is 19.0 Å². The molecule has 0 aromatic heterocycles. The predicted molar refractivity (Wildman–Crippen MR) is 83.0 cm³/mol. The molecular formula is C17H21FN2. The Morgan fingerprint density at radius 3 is 2.25 bits per heavy atom. The molecule has 0 fully saturated rings. The topological polar surface area (TPSA) is 15.3 Å². The van der Waals surface area contributed by atoms with Crippen molar-refractivity contribution < 1.29 is 4.39 Å². The summed E-state index contributed by atoms with van der Waals surface area (Å²) in [6.45, 7) is 2.14. The SMILES string of the molecule is CCC(NC)c1ccccc1N(C)c1ccccc1F. The van der Waals surface area contributed by atoms with E-state index in [1.54, 1.807) is 12.1 Å². The van der Waals surface area contributed by atoms with Gasteiger partial charge in [0.05, 0.1) is 5.69 Å². The van der Waals surface area contributed by atoms with Gasteiger partial charge in [0.25, 0.3) is 0 Å². The molecule has 0 saturated heterocycles. The highest BCUT2D eigenvalue weighted by Gasteiger charge is 2.16. The van der Waals surface area contributed by atoms with Gasteiger partial charge in [-0.15, -0.1) is 0 Å². The second-order valence-corrected chi connectivity index (χ2v) is 4.82. The van der Waals surface area contributed by atoms with Crippen molar-refractivity contribution >= 4 is 11.4 Å². The summed E-state index contributed by atoms with van der Waals surface area (Å²) < 4.78 is 14.0. The van der Waals surface area contributed by atoms with E-state index in [0.29, 0.717) is 5.69 Å². The van der Waals surface area contributed by atoms with E-state index in [1.807, 2.05) is 43.3 Å². The fourth-order valence-electron chi connectivity index (χ4n) is 2.52. The van der Waals surface area contributed by atoms with Gasteiger partial charge in [-0.25, -0.2) is 4.39 Å². The zero-order valence-electron chi connectivity index (χ0n) is 12.2. The number of benzene rings is 2. The van der Waals surface area contributed by atoms with E-state index in [2.05, 4.69) is 18.3 Å². The molecule has 0 aliphatic heterocycles. The van der Waals surface area contributed by atoms with Gasteiger partial charge in [0, 0.05) is 18.8 Å². The second kappa shape index (κ2) is 6.53. The Morgan fingerprint density at radius 1 is 1.05 bits per heavy atom. The van der Waals surface area contributed by atoms with Gasteiger partial charge in [0.15, 0.2) is 0 Å². The molecule has 20 heavy (non-hydrogen) atoms. The van der Waals surface area contributed by atoms with Crippen molar-refractivity contribution in [1.82, 2.24) is 5.32 Å². The highest BCUT2D eigenvalue weighted by Crippen LogP contribution is 2.32. The fourth-order valence-corrected chi connectivity index (χ4v) is 2.52. The van der Waals surface area contributed by atoms with Crippen LogP contribution in [-0.2, 0) is 0 Å². The minimum absolute atomic E-state index is 0.206. The van der Waals surface area contributed by atoms with Gasteiger partial charge >= 0.3 is 0 Å². The van der Waals surface area contributed by atoms with E-state index in [1.165, 1.54) is 11.6 Å². The van der Waals surface area contributed by atoms with Crippen molar-refractivity contribution in [3.8, 4) is 0 Å². The lowest BCUT2D eigenvalue weighted by Crippen LogP contribution is -2.20. The first-order valence-corrected chi connectivity index (χ1v) is 6.93. The molecule has 2 aromatic carbocycles. The van der Waals surface area contributed by atoms with E-state index in [-0.39, 0.29) is 11.9 Å². The Hall–Kier alpha value is -1.87. The molecular weight excluding hydrogens is 251 g/mol. The van der Waals surface area contributed by atoms with Gasteiger partial charge in [0.1, 0.15) is 5.82 Å². The molecule has 2 rings (SSSR count). The number of hydrogen-bond donors (Lipinski definition) is 1. The summed E-state index contributed by atoms with van der Waals surface area (Å²) in [5.74, 6) is -0.206. The molecule has 1 atom stereocenters. The maximum atomic E-state index is 14.0. The molecule has 0 saturated carbocycles. The standard InChI is InChI=1S/C17H21FN2/c1-4-15(19-2)13-9-5-7-11-16(13)20(3)17-12-8-6-10-14(17)18/h5-12,15,19H,4H2,1-3H3. The van der Waals surface area contributed by atoms with Crippen molar-refractivity contribution in [3.05, 3.63) is 59.9 Å². The summed E-state index contributed by atoms with van der Waals surface area (Å²) in [5, 5.41) is 3.31. The van der Waals surface area contributed by atoms with Crippen LogP contribution in [0.15, 0.2) is 48.5 Å². The Morgan fingerprint density at radius 2 is 1.65 bits per heavy atom. The van der Waals surface area contributed by atoms with Gasteiger partial charge in [0.2, 0.25) is 0 Å². The minimum Gasteiger partial charge on any atom is -0.342 e. The summed E-state index contributed by atoms with van der Waals surface area (Å²) in [6, 6.07) is 15.2. The van der Waals surface area contributed by atoms with Crippen molar-refractivity contribution in [3.63, 3.8) is 0 Å². The lowest BCUT2D eigenvalue weighted by molar-refractivity contribution is 0.576. The van der Waals surface area contributed by atoms with Crippen molar-refractivity contribution in [2.45, 2.75) is 19.4 Å². The summed E-state index contributed by atoms with van der Waals surface area (Å²) in [5.41, 5.74) is 2.80. The first-order chi connectivity index (χ1) is 9.69. The molecule has 2 nitrogen and oxygen atoms in total. The van der Waals surface area contributed by atoms with Gasteiger partial charge in [-0.3, -0.25) is 0 Å². The number of hydrogen-bond acceptors (Lipinski definition) is 2. The molecule has 0 aliphatic carbocycles. The summed E-state index contributed by atoms with van der Waals surface area (Å²) in [4.78, 5) is 1.91. The number of halogens is 1. The zero-order chi connectivity index (χ0) is 14.5. The normalized spacial score (nSPS) is 12.2. The third-order valence-electron chi connectivity index (χ3n) is 3.64. The van der Waals surface area contributed by atoms with E-state index < -0.39 is 0 Å². The van der Waals surface area contributed by atoms with E-state index in [9.17, 15) is 4.39 Å². The third kappa shape index (κ3) is 2.83. The minimum atomic E-state index is -0.206. The van der Waals surface area contributed by atoms with Crippen LogP contribution < -0.4 is 10.2 Å². The second-order valence-electron chi connectivity index (χ2n) is 4.82. The number of para-hydroxylation sites is 2. The van der Waals surface area contributed by atoms with E-state index in [0.717, 1.165) is 12.1 Å². The lowest BCUT2D eigenvalue weighted by atomic mass is 10.0. The van der Waals surface area contributed by atoms with Crippen LogP contribution in [0.1, 0.15) is 24.9 Å². The van der Waals surface area contributed by atoms with Crippen LogP contribution in [-0.4, -0.2) is 14.1 Å². The number of rotatable bonds is 5. The summed E-state index contributed by atoms with van der Waals surface area (Å²) in [6.07, 6.45) is 0.985. The van der Waals surface area contributed by atoms with Crippen LogP contribution >= 0.6 is 0 Å². The van der Waals surface area contributed by atoms with Crippen LogP contribution in [0.3, 0.4) is 0 Å². The molecule has 0 radical (unpaired) electrons. The van der Waals surface area contributed by atoms with E-state index >= 15 is 0 Å². The Bertz CT molecular complexity index is 564. The first-order valence-electron chi connectivity index (χ1n) is 6.93. The van der Waals surface area contributed by atoms with Crippen molar-refractivity contribution in [1.29, 1.82) is 0 Å². The molecule has 2 aromatic rings. The Labute approximate surface area is 120 Å². The number of nitrogens with zero attached hydrogens (tertiary/aromatic N) is 1. The maximum absolute atomic E-state index is 14.0. The van der Waals surface area contributed by atoms with E-state index in [4.69, 9.17) is 0 Å². The average Bonchev–Trinajstić information content (AvgIpc) is 2.49. The van der Waals surface area contributed by atoms with Gasteiger partial charge in [-0.2, -0.15) is 0 Å². The zero-order valence-corrected chi connectivity index (χ0v) is 12.2. The van der Waals surface area contributed by atoms with Crippen LogP contribution in [0.2, 0.25) is 0 Å². The Balaban J connectivity index is 2.45. The average molecular weight is 272 g/mol. The number of nitrogens with one attached hydrogen (secondary N) is 1. The number of anilines is 2. The molecule has 1 unspecified atom stereocenters. The smallest absolute Gasteiger partial charge is 0.146 e. The fraction of sp³-hybridized carbons (Fsp3) is 0.294. The highest BCUT2D eigenvalue weighted by molar-refractivity contribution is 5.66.